The highest BCUT2D eigenvalue weighted by molar-refractivity contribution is 5.92. The minimum Gasteiger partial charge on any atom is -0.478 e. The maximum atomic E-state index is 10.9. The van der Waals surface area contributed by atoms with Gasteiger partial charge in [-0.15, -0.1) is 0 Å². The molecular formula is C15H13N3O2. The summed E-state index contributed by atoms with van der Waals surface area (Å²) < 4.78 is 1.75. The van der Waals surface area contributed by atoms with E-state index in [9.17, 15) is 4.79 Å². The second-order valence-corrected chi connectivity index (χ2v) is 4.70. The van der Waals surface area contributed by atoms with Crippen molar-refractivity contribution in [3.8, 4) is 5.69 Å². The summed E-state index contributed by atoms with van der Waals surface area (Å²) in [5.74, 6) is -0.943. The summed E-state index contributed by atoms with van der Waals surface area (Å²) in [6.45, 7) is 1.97. The highest BCUT2D eigenvalue weighted by Crippen LogP contribution is 2.25. The summed E-state index contributed by atoms with van der Waals surface area (Å²) in [5, 5.41) is 14.1. The fraction of sp³-hybridized carbons (Fsp3) is 0.0667. The van der Waals surface area contributed by atoms with E-state index in [1.165, 1.54) is 0 Å². The third-order valence-electron chi connectivity index (χ3n) is 3.22. The SMILES string of the molecule is Cc1cc(N)c2cnn(-c3ccc(C(=O)O)cc3)c2c1. The largest absolute Gasteiger partial charge is 0.478 e. The molecule has 0 saturated carbocycles. The number of carboxylic acid groups (broad SMARTS) is 1. The van der Waals surface area contributed by atoms with Crippen LogP contribution in [0.4, 0.5) is 5.69 Å². The van der Waals surface area contributed by atoms with Crippen LogP contribution in [0.3, 0.4) is 0 Å². The number of nitrogen functional groups attached to an aromatic ring is 1. The Morgan fingerprint density at radius 1 is 1.25 bits per heavy atom. The lowest BCUT2D eigenvalue weighted by atomic mass is 10.1. The monoisotopic (exact) mass is 267 g/mol. The summed E-state index contributed by atoms with van der Waals surface area (Å²) in [6.07, 6.45) is 1.72. The summed E-state index contributed by atoms with van der Waals surface area (Å²) in [7, 11) is 0. The van der Waals surface area contributed by atoms with Gasteiger partial charge in [-0.25, -0.2) is 9.48 Å². The molecule has 0 aliphatic heterocycles. The van der Waals surface area contributed by atoms with Crippen molar-refractivity contribution < 1.29 is 9.90 Å². The fourth-order valence-electron chi connectivity index (χ4n) is 2.25. The van der Waals surface area contributed by atoms with Gasteiger partial charge < -0.3 is 10.8 Å². The van der Waals surface area contributed by atoms with Gasteiger partial charge in [0.1, 0.15) is 0 Å². The van der Waals surface area contributed by atoms with Crippen LogP contribution in [0, 0.1) is 6.92 Å². The van der Waals surface area contributed by atoms with Gasteiger partial charge in [-0.2, -0.15) is 5.10 Å². The van der Waals surface area contributed by atoms with Crippen LogP contribution in [-0.2, 0) is 0 Å². The lowest BCUT2D eigenvalue weighted by Crippen LogP contribution is -1.99. The maximum absolute atomic E-state index is 10.9. The number of nitrogens with two attached hydrogens (primary N) is 1. The van der Waals surface area contributed by atoms with E-state index in [4.69, 9.17) is 10.8 Å². The number of hydrogen-bond donors (Lipinski definition) is 2. The number of fused-ring (bicyclic) bond motifs is 1. The number of anilines is 1. The highest BCUT2D eigenvalue weighted by Gasteiger charge is 2.09. The molecule has 5 nitrogen and oxygen atoms in total. The molecule has 0 saturated heterocycles. The molecule has 5 heteroatoms. The second-order valence-electron chi connectivity index (χ2n) is 4.70. The van der Waals surface area contributed by atoms with Crippen LogP contribution in [0.1, 0.15) is 15.9 Å². The zero-order valence-corrected chi connectivity index (χ0v) is 10.9. The quantitative estimate of drug-likeness (QED) is 0.699. The summed E-state index contributed by atoms with van der Waals surface area (Å²) in [6, 6.07) is 10.5. The first-order valence-electron chi connectivity index (χ1n) is 6.14. The van der Waals surface area contributed by atoms with Crippen molar-refractivity contribution in [2.45, 2.75) is 6.92 Å². The normalized spacial score (nSPS) is 10.8. The lowest BCUT2D eigenvalue weighted by Gasteiger charge is -2.05. The molecule has 2 aromatic carbocycles. The average Bonchev–Trinajstić information content (AvgIpc) is 2.82. The standard InChI is InChI=1S/C15H13N3O2/c1-9-6-13(16)12-8-17-18(14(12)7-9)11-4-2-10(3-5-11)15(19)20/h2-8H,16H2,1H3,(H,19,20). The van der Waals surface area contributed by atoms with E-state index in [-0.39, 0.29) is 5.56 Å². The van der Waals surface area contributed by atoms with E-state index in [1.54, 1.807) is 35.1 Å². The number of carboxylic acids is 1. The molecule has 20 heavy (non-hydrogen) atoms. The number of hydrogen-bond acceptors (Lipinski definition) is 3. The molecule has 3 N–H and O–H groups in total. The predicted molar refractivity (Wildman–Crippen MR) is 77.2 cm³/mol. The zero-order chi connectivity index (χ0) is 14.3. The van der Waals surface area contributed by atoms with Crippen LogP contribution in [-0.4, -0.2) is 20.9 Å². The Labute approximate surface area is 115 Å². The number of benzene rings is 2. The van der Waals surface area contributed by atoms with Crippen molar-refractivity contribution in [2.75, 3.05) is 5.73 Å². The van der Waals surface area contributed by atoms with Crippen LogP contribution < -0.4 is 5.73 Å². The minimum atomic E-state index is -0.943. The van der Waals surface area contributed by atoms with Crippen molar-refractivity contribution >= 4 is 22.6 Å². The molecule has 3 rings (SSSR count). The van der Waals surface area contributed by atoms with Gasteiger partial charge in [0.2, 0.25) is 0 Å². The molecule has 0 radical (unpaired) electrons. The third kappa shape index (κ3) is 1.89. The fourth-order valence-corrected chi connectivity index (χ4v) is 2.25. The minimum absolute atomic E-state index is 0.251. The van der Waals surface area contributed by atoms with Crippen LogP contribution >= 0.6 is 0 Å². The molecule has 3 aromatic rings. The molecular weight excluding hydrogens is 254 g/mol. The van der Waals surface area contributed by atoms with Crippen LogP contribution in [0.25, 0.3) is 16.6 Å². The van der Waals surface area contributed by atoms with E-state index >= 15 is 0 Å². The Hall–Kier alpha value is -2.82. The molecule has 0 aliphatic rings. The van der Waals surface area contributed by atoms with E-state index in [1.807, 2.05) is 19.1 Å². The maximum Gasteiger partial charge on any atom is 0.335 e. The van der Waals surface area contributed by atoms with E-state index in [0.717, 1.165) is 22.2 Å². The first-order valence-corrected chi connectivity index (χ1v) is 6.14. The Kier molecular flexibility index (Phi) is 2.68. The average molecular weight is 267 g/mol. The predicted octanol–water partition coefficient (Wildman–Crippen LogP) is 2.61. The van der Waals surface area contributed by atoms with E-state index in [0.29, 0.717) is 5.69 Å². The third-order valence-corrected chi connectivity index (χ3v) is 3.22. The van der Waals surface area contributed by atoms with Gasteiger partial charge >= 0.3 is 5.97 Å². The van der Waals surface area contributed by atoms with Gasteiger partial charge in [-0.05, 0) is 48.9 Å². The van der Waals surface area contributed by atoms with Crippen molar-refractivity contribution in [3.63, 3.8) is 0 Å². The van der Waals surface area contributed by atoms with Crippen LogP contribution in [0.5, 0.6) is 0 Å². The second kappa shape index (κ2) is 4.38. The Bertz CT molecular complexity index is 804. The number of aromatic nitrogens is 2. The van der Waals surface area contributed by atoms with Crippen LogP contribution in [0.15, 0.2) is 42.6 Å². The number of carbonyl (C=O) groups is 1. The molecule has 0 bridgehead atoms. The molecule has 100 valence electrons. The summed E-state index contributed by atoms with van der Waals surface area (Å²) in [4.78, 5) is 10.9. The first-order chi connectivity index (χ1) is 9.56. The van der Waals surface area contributed by atoms with Gasteiger partial charge in [-0.1, -0.05) is 0 Å². The molecule has 0 amide bonds. The van der Waals surface area contributed by atoms with Crippen molar-refractivity contribution in [3.05, 3.63) is 53.7 Å². The number of aryl methyl sites for hydroxylation is 1. The first kappa shape index (κ1) is 12.2. The summed E-state index contributed by atoms with van der Waals surface area (Å²) in [5.41, 5.74) is 9.68. The Balaban J connectivity index is 2.17. The number of aromatic carboxylic acids is 1. The Morgan fingerprint density at radius 3 is 2.60 bits per heavy atom. The molecule has 0 atom stereocenters. The van der Waals surface area contributed by atoms with E-state index in [2.05, 4.69) is 5.10 Å². The lowest BCUT2D eigenvalue weighted by molar-refractivity contribution is 0.0697. The van der Waals surface area contributed by atoms with Gasteiger partial charge in [0.25, 0.3) is 0 Å². The van der Waals surface area contributed by atoms with E-state index < -0.39 is 5.97 Å². The topological polar surface area (TPSA) is 81.1 Å². The molecule has 0 unspecified atom stereocenters. The number of rotatable bonds is 2. The smallest absolute Gasteiger partial charge is 0.335 e. The van der Waals surface area contributed by atoms with Crippen molar-refractivity contribution in [1.82, 2.24) is 9.78 Å². The molecule has 0 fully saturated rings. The van der Waals surface area contributed by atoms with Crippen LogP contribution in [0.2, 0.25) is 0 Å². The molecule has 0 spiro atoms. The van der Waals surface area contributed by atoms with Gasteiger partial charge in [0, 0.05) is 11.1 Å². The highest BCUT2D eigenvalue weighted by atomic mass is 16.4. The number of nitrogens with zero attached hydrogens (tertiary/aromatic N) is 2. The van der Waals surface area contributed by atoms with Gasteiger partial charge in [0.05, 0.1) is 23.0 Å². The van der Waals surface area contributed by atoms with Gasteiger partial charge in [0.15, 0.2) is 0 Å². The Morgan fingerprint density at radius 2 is 1.95 bits per heavy atom. The summed E-state index contributed by atoms with van der Waals surface area (Å²) >= 11 is 0. The van der Waals surface area contributed by atoms with Crippen molar-refractivity contribution in [1.29, 1.82) is 0 Å². The van der Waals surface area contributed by atoms with Gasteiger partial charge in [-0.3, -0.25) is 0 Å². The zero-order valence-electron chi connectivity index (χ0n) is 10.9. The molecule has 1 aromatic heterocycles. The molecule has 1 heterocycles. The molecule has 0 aliphatic carbocycles. The van der Waals surface area contributed by atoms with Crippen molar-refractivity contribution in [2.24, 2.45) is 0 Å².